The molecule has 0 saturated heterocycles. The lowest BCUT2D eigenvalue weighted by Gasteiger charge is -2.15. The van der Waals surface area contributed by atoms with Crippen LogP contribution < -0.4 is 5.32 Å². The molecule has 136 valence electrons. The summed E-state index contributed by atoms with van der Waals surface area (Å²) in [6.07, 6.45) is -0.540. The summed E-state index contributed by atoms with van der Waals surface area (Å²) >= 11 is 3.26. The number of halogens is 1. The number of carbonyl (C=O) groups excluding carboxylic acids is 1. The van der Waals surface area contributed by atoms with Crippen LogP contribution in [-0.2, 0) is 4.74 Å². The quantitative estimate of drug-likeness (QED) is 0.557. The van der Waals surface area contributed by atoms with Crippen molar-refractivity contribution in [2.75, 3.05) is 11.9 Å². The number of carbonyl (C=O) groups is 1. The molecule has 1 amide bonds. The van der Waals surface area contributed by atoms with Crippen molar-refractivity contribution in [2.45, 2.75) is 12.8 Å². The van der Waals surface area contributed by atoms with Gasteiger partial charge in [-0.05, 0) is 56.7 Å². The van der Waals surface area contributed by atoms with Crippen LogP contribution in [0.4, 0.5) is 10.5 Å². The minimum Gasteiger partial charge on any atom is -0.507 e. The third-order valence-electron chi connectivity index (χ3n) is 4.87. The summed E-state index contributed by atoms with van der Waals surface area (Å²) in [6, 6.07) is 19.7. The normalized spacial score (nSPS) is 12.4. The first-order valence-electron chi connectivity index (χ1n) is 8.65. The number of hydrogen-bond acceptors (Lipinski definition) is 3. The maximum absolute atomic E-state index is 12.3. The average Bonchev–Trinajstić information content (AvgIpc) is 2.98. The summed E-state index contributed by atoms with van der Waals surface area (Å²) in [5.74, 6) is 0.0807. The van der Waals surface area contributed by atoms with Crippen molar-refractivity contribution in [1.29, 1.82) is 0 Å². The molecule has 0 aliphatic heterocycles. The largest absolute Gasteiger partial charge is 0.507 e. The number of ether oxygens (including phenoxy) is 1. The van der Waals surface area contributed by atoms with E-state index >= 15 is 0 Å². The number of phenols is 1. The predicted octanol–water partition coefficient (Wildman–Crippen LogP) is 5.82. The molecule has 1 aliphatic rings. The summed E-state index contributed by atoms with van der Waals surface area (Å²) in [6.45, 7) is 2.10. The molecule has 5 heteroatoms. The van der Waals surface area contributed by atoms with Gasteiger partial charge in [-0.15, -0.1) is 0 Å². The summed E-state index contributed by atoms with van der Waals surface area (Å²) in [5, 5.41) is 12.5. The fourth-order valence-corrected chi connectivity index (χ4v) is 4.00. The number of aromatic hydroxyl groups is 1. The van der Waals surface area contributed by atoms with Crippen molar-refractivity contribution in [3.05, 3.63) is 81.8 Å². The van der Waals surface area contributed by atoms with Gasteiger partial charge in [-0.1, -0.05) is 48.5 Å². The number of nitrogens with one attached hydrogen (secondary N) is 1. The van der Waals surface area contributed by atoms with Crippen LogP contribution >= 0.6 is 15.9 Å². The molecule has 0 atom stereocenters. The number of fused-ring (bicyclic) bond motifs is 3. The highest BCUT2D eigenvalue weighted by atomic mass is 79.9. The second kappa shape index (κ2) is 7.08. The molecule has 0 radical (unpaired) electrons. The van der Waals surface area contributed by atoms with Gasteiger partial charge in [0.05, 0.1) is 10.2 Å². The van der Waals surface area contributed by atoms with Crippen LogP contribution in [0.5, 0.6) is 5.75 Å². The molecule has 4 rings (SSSR count). The van der Waals surface area contributed by atoms with Crippen LogP contribution in [0.2, 0.25) is 0 Å². The van der Waals surface area contributed by atoms with Crippen molar-refractivity contribution in [3.8, 4) is 16.9 Å². The first-order valence-corrected chi connectivity index (χ1v) is 9.45. The van der Waals surface area contributed by atoms with Gasteiger partial charge < -0.3 is 9.84 Å². The van der Waals surface area contributed by atoms with E-state index < -0.39 is 6.09 Å². The zero-order valence-electron chi connectivity index (χ0n) is 14.7. The Labute approximate surface area is 165 Å². The van der Waals surface area contributed by atoms with Gasteiger partial charge >= 0.3 is 6.09 Å². The second-order valence-electron chi connectivity index (χ2n) is 6.57. The molecule has 1 aliphatic carbocycles. The smallest absolute Gasteiger partial charge is 0.411 e. The van der Waals surface area contributed by atoms with Crippen molar-refractivity contribution in [3.63, 3.8) is 0 Å². The van der Waals surface area contributed by atoms with E-state index in [0.29, 0.717) is 10.2 Å². The molecule has 2 N–H and O–H groups in total. The second-order valence-corrected chi connectivity index (χ2v) is 7.42. The Kier molecular flexibility index (Phi) is 4.62. The molecule has 27 heavy (non-hydrogen) atoms. The average molecular weight is 424 g/mol. The number of benzene rings is 3. The van der Waals surface area contributed by atoms with Gasteiger partial charge in [0, 0.05) is 12.0 Å². The Hall–Kier alpha value is -2.79. The fourth-order valence-electron chi connectivity index (χ4n) is 3.54. The molecular weight excluding hydrogens is 406 g/mol. The van der Waals surface area contributed by atoms with Crippen molar-refractivity contribution >= 4 is 27.7 Å². The maximum atomic E-state index is 12.3. The number of anilines is 1. The molecule has 0 saturated carbocycles. The highest BCUT2D eigenvalue weighted by Crippen LogP contribution is 2.44. The molecule has 3 aromatic rings. The van der Waals surface area contributed by atoms with E-state index in [1.165, 1.54) is 28.3 Å². The van der Waals surface area contributed by atoms with Gasteiger partial charge in [-0.2, -0.15) is 0 Å². The lowest BCUT2D eigenvalue weighted by Crippen LogP contribution is -2.18. The van der Waals surface area contributed by atoms with Crippen molar-refractivity contribution in [1.82, 2.24) is 0 Å². The van der Waals surface area contributed by atoms with Crippen LogP contribution in [0.15, 0.2) is 65.1 Å². The first-order chi connectivity index (χ1) is 13.0. The Morgan fingerprint density at radius 3 is 2.30 bits per heavy atom. The van der Waals surface area contributed by atoms with Crippen molar-refractivity contribution in [2.24, 2.45) is 0 Å². The fraction of sp³-hybridized carbons (Fsp3) is 0.136. The Morgan fingerprint density at radius 2 is 1.67 bits per heavy atom. The van der Waals surface area contributed by atoms with Gasteiger partial charge in [0.25, 0.3) is 0 Å². The van der Waals surface area contributed by atoms with E-state index in [1.54, 1.807) is 6.07 Å². The van der Waals surface area contributed by atoms with Gasteiger partial charge in [-0.25, -0.2) is 4.79 Å². The number of hydrogen-bond donors (Lipinski definition) is 2. The van der Waals surface area contributed by atoms with Gasteiger partial charge in [0.1, 0.15) is 12.4 Å². The SMILES string of the molecule is Cc1cc(Br)c(O)cc1NC(=O)OCC1c2ccccc2-c2ccccc21. The summed E-state index contributed by atoms with van der Waals surface area (Å²) in [5.41, 5.74) is 6.07. The van der Waals surface area contributed by atoms with Crippen LogP contribution in [0.25, 0.3) is 11.1 Å². The van der Waals surface area contributed by atoms with Gasteiger partial charge in [0.15, 0.2) is 0 Å². The summed E-state index contributed by atoms with van der Waals surface area (Å²) < 4.78 is 6.11. The van der Waals surface area contributed by atoms with Crippen LogP contribution in [0.3, 0.4) is 0 Å². The number of phenolic OH excluding ortho intramolecular Hbond substituents is 1. The summed E-state index contributed by atoms with van der Waals surface area (Å²) in [7, 11) is 0. The minimum atomic E-state index is -0.540. The molecule has 0 unspecified atom stereocenters. The van der Waals surface area contributed by atoms with E-state index in [1.807, 2.05) is 31.2 Å². The van der Waals surface area contributed by atoms with E-state index in [0.717, 1.165) is 5.56 Å². The maximum Gasteiger partial charge on any atom is 0.411 e. The van der Waals surface area contributed by atoms with E-state index in [-0.39, 0.29) is 18.3 Å². The third-order valence-corrected chi connectivity index (χ3v) is 5.51. The third kappa shape index (κ3) is 3.30. The molecule has 0 aromatic heterocycles. The number of rotatable bonds is 3. The van der Waals surface area contributed by atoms with Crippen molar-refractivity contribution < 1.29 is 14.6 Å². The molecule has 0 spiro atoms. The zero-order valence-corrected chi connectivity index (χ0v) is 16.3. The number of aryl methyl sites for hydroxylation is 1. The Balaban J connectivity index is 1.51. The van der Waals surface area contributed by atoms with Gasteiger partial charge in [-0.3, -0.25) is 5.32 Å². The Morgan fingerprint density at radius 1 is 1.07 bits per heavy atom. The lowest BCUT2D eigenvalue weighted by molar-refractivity contribution is 0.158. The topological polar surface area (TPSA) is 58.6 Å². The molecule has 4 nitrogen and oxygen atoms in total. The predicted molar refractivity (Wildman–Crippen MR) is 109 cm³/mol. The highest BCUT2D eigenvalue weighted by Gasteiger charge is 2.29. The monoisotopic (exact) mass is 423 g/mol. The van der Waals surface area contributed by atoms with Crippen LogP contribution in [-0.4, -0.2) is 17.8 Å². The molecule has 3 aromatic carbocycles. The van der Waals surface area contributed by atoms with E-state index in [4.69, 9.17) is 4.74 Å². The first kappa shape index (κ1) is 17.6. The van der Waals surface area contributed by atoms with Crippen LogP contribution in [0.1, 0.15) is 22.6 Å². The summed E-state index contributed by atoms with van der Waals surface area (Å²) in [4.78, 5) is 12.3. The minimum absolute atomic E-state index is 0.0163. The number of amides is 1. The standard InChI is InChI=1S/C22H18BrNO3/c1-13-10-19(23)21(25)11-20(13)24-22(26)27-12-18-16-8-4-2-6-14(16)15-7-3-5-9-17(15)18/h2-11,18,25H,12H2,1H3,(H,24,26). The van der Waals surface area contributed by atoms with Crippen LogP contribution in [0, 0.1) is 6.92 Å². The molecular formula is C22H18BrNO3. The zero-order chi connectivity index (χ0) is 19.0. The highest BCUT2D eigenvalue weighted by molar-refractivity contribution is 9.10. The van der Waals surface area contributed by atoms with Gasteiger partial charge in [0.2, 0.25) is 0 Å². The lowest BCUT2D eigenvalue weighted by atomic mass is 9.98. The molecule has 0 bridgehead atoms. The molecule has 0 heterocycles. The van der Waals surface area contributed by atoms with E-state index in [2.05, 4.69) is 45.5 Å². The Bertz CT molecular complexity index is 986. The van der Waals surface area contributed by atoms with E-state index in [9.17, 15) is 9.90 Å². The molecule has 0 fully saturated rings.